The molecule has 0 aliphatic carbocycles. The van der Waals surface area contributed by atoms with Gasteiger partial charge in [0.1, 0.15) is 11.5 Å². The molecular formula is C17H19NO4S2. The second-order valence-corrected chi connectivity index (χ2v) is 8.32. The molecule has 1 heterocycles. The van der Waals surface area contributed by atoms with Gasteiger partial charge in [-0.25, -0.2) is 0 Å². The van der Waals surface area contributed by atoms with Gasteiger partial charge in [0, 0.05) is 0 Å². The van der Waals surface area contributed by atoms with E-state index in [1.54, 1.807) is 11.8 Å². The van der Waals surface area contributed by atoms with Crippen LogP contribution in [0.2, 0.25) is 0 Å². The zero-order valence-corrected chi connectivity index (χ0v) is 15.2. The Morgan fingerprint density at radius 3 is 2.79 bits per heavy atom. The number of nitrogens with zero attached hydrogens (tertiary/aromatic N) is 1. The molecule has 0 spiro atoms. The molecule has 3 rings (SSSR count). The second kappa shape index (κ2) is 7.03. The summed E-state index contributed by atoms with van der Waals surface area (Å²) < 4.78 is 33.4. The van der Waals surface area contributed by atoms with Crippen LogP contribution in [0.25, 0.3) is 10.8 Å². The summed E-state index contributed by atoms with van der Waals surface area (Å²) in [5, 5.41) is 5.95. The first kappa shape index (κ1) is 17.1. The number of hydrogen-bond acceptors (Lipinski definition) is 6. The molecule has 1 unspecified atom stereocenters. The van der Waals surface area contributed by atoms with Crippen LogP contribution in [-0.2, 0) is 14.4 Å². The van der Waals surface area contributed by atoms with Crippen molar-refractivity contribution in [3.63, 3.8) is 0 Å². The summed E-state index contributed by atoms with van der Waals surface area (Å²) in [5.74, 6) is 1.61. The predicted molar refractivity (Wildman–Crippen MR) is 98.2 cm³/mol. The first-order valence-corrected chi connectivity index (χ1v) is 10.6. The molecule has 5 nitrogen and oxygen atoms in total. The molecule has 128 valence electrons. The fourth-order valence-corrected chi connectivity index (χ4v) is 3.92. The predicted octanol–water partition coefficient (Wildman–Crippen LogP) is 3.77. The molecule has 0 bridgehead atoms. The molecule has 0 aromatic heterocycles. The van der Waals surface area contributed by atoms with Crippen molar-refractivity contribution in [1.82, 2.24) is 0 Å². The van der Waals surface area contributed by atoms with Gasteiger partial charge in [0.25, 0.3) is 0 Å². The first-order valence-electron chi connectivity index (χ1n) is 7.76. The summed E-state index contributed by atoms with van der Waals surface area (Å²) in [5.41, 5.74) is 0.971. The Labute approximate surface area is 146 Å². The average molecular weight is 365 g/mol. The van der Waals surface area contributed by atoms with Gasteiger partial charge >= 0.3 is 10.1 Å². The van der Waals surface area contributed by atoms with E-state index in [0.29, 0.717) is 11.5 Å². The van der Waals surface area contributed by atoms with Gasteiger partial charge in [0.05, 0.1) is 11.8 Å². The maximum absolute atomic E-state index is 11.4. The third-order valence-electron chi connectivity index (χ3n) is 3.64. The smallest absolute Gasteiger partial charge is 0.325 e. The summed E-state index contributed by atoms with van der Waals surface area (Å²) in [4.78, 5) is 0. The zero-order valence-electron chi connectivity index (χ0n) is 13.6. The van der Waals surface area contributed by atoms with Crippen molar-refractivity contribution >= 4 is 38.4 Å². The van der Waals surface area contributed by atoms with Gasteiger partial charge in [-0.1, -0.05) is 48.8 Å². The fraction of sp³-hybridized carbons (Fsp3) is 0.353. The molecule has 24 heavy (non-hydrogen) atoms. The van der Waals surface area contributed by atoms with E-state index in [0.717, 1.165) is 41.2 Å². The van der Waals surface area contributed by atoms with E-state index in [1.807, 2.05) is 36.4 Å². The Hall–Kier alpha value is -1.73. The molecule has 0 fully saturated rings. The molecule has 2 aromatic rings. The Bertz CT molecular complexity index is 877. The van der Waals surface area contributed by atoms with Gasteiger partial charge in [-0.15, -0.1) is 11.8 Å². The van der Waals surface area contributed by atoms with Crippen LogP contribution < -0.4 is 4.74 Å². The summed E-state index contributed by atoms with van der Waals surface area (Å²) >= 11 is 1.60. The van der Waals surface area contributed by atoms with E-state index in [1.165, 1.54) is 0 Å². The molecular weight excluding hydrogens is 346 g/mol. The molecule has 0 radical (unpaired) electrons. The zero-order chi connectivity index (χ0) is 17.2. The maximum Gasteiger partial charge on any atom is 0.325 e. The minimum Gasteiger partial charge on any atom is -0.472 e. The lowest BCUT2D eigenvalue weighted by Gasteiger charge is -2.10. The normalized spacial score (nSPS) is 18.6. The molecule has 2 aromatic carbocycles. The number of hydrogen-bond donors (Lipinski definition) is 0. The summed E-state index contributed by atoms with van der Waals surface area (Å²) in [6.45, 7) is 2.13. The van der Waals surface area contributed by atoms with Crippen LogP contribution in [-0.4, -0.2) is 31.6 Å². The van der Waals surface area contributed by atoms with Crippen molar-refractivity contribution < 1.29 is 17.4 Å². The largest absolute Gasteiger partial charge is 0.472 e. The number of oxime groups is 1. The molecule has 0 saturated heterocycles. The lowest BCUT2D eigenvalue weighted by atomic mass is 10.0. The number of fused-ring (bicyclic) bond motifs is 3. The number of benzene rings is 2. The van der Waals surface area contributed by atoms with Crippen molar-refractivity contribution in [1.29, 1.82) is 0 Å². The lowest BCUT2D eigenvalue weighted by molar-refractivity contribution is 0.329. The number of thioether (sulfide) groups is 1. The van der Waals surface area contributed by atoms with Crippen LogP contribution in [0.15, 0.2) is 41.6 Å². The van der Waals surface area contributed by atoms with Crippen molar-refractivity contribution in [3.8, 4) is 5.75 Å². The molecule has 0 saturated carbocycles. The summed E-state index contributed by atoms with van der Waals surface area (Å²) in [6.07, 6.45) is 3.12. The van der Waals surface area contributed by atoms with Gasteiger partial charge in [-0.3, -0.25) is 4.28 Å². The molecule has 1 atom stereocenters. The van der Waals surface area contributed by atoms with Gasteiger partial charge in [0.15, 0.2) is 5.44 Å². The van der Waals surface area contributed by atoms with Crippen molar-refractivity contribution in [2.24, 2.45) is 5.16 Å². The molecule has 7 heteroatoms. The Morgan fingerprint density at radius 1 is 1.25 bits per heavy atom. The van der Waals surface area contributed by atoms with E-state index in [-0.39, 0.29) is 5.44 Å². The number of rotatable bonds is 6. The van der Waals surface area contributed by atoms with Crippen molar-refractivity contribution in [3.05, 3.63) is 42.0 Å². The monoisotopic (exact) mass is 365 g/mol. The van der Waals surface area contributed by atoms with E-state index in [2.05, 4.69) is 12.1 Å². The third-order valence-corrected chi connectivity index (χ3v) is 5.13. The van der Waals surface area contributed by atoms with Crippen LogP contribution in [0.4, 0.5) is 0 Å². The topological polar surface area (TPSA) is 65.0 Å². The average Bonchev–Trinajstić information content (AvgIpc) is 2.90. The Balaban J connectivity index is 2.04. The molecule has 1 aliphatic rings. The molecule has 1 aliphatic heterocycles. The Morgan fingerprint density at radius 2 is 2.04 bits per heavy atom. The van der Waals surface area contributed by atoms with Crippen LogP contribution in [0, 0.1) is 0 Å². The van der Waals surface area contributed by atoms with E-state index in [9.17, 15) is 8.42 Å². The van der Waals surface area contributed by atoms with Crippen LogP contribution in [0.5, 0.6) is 5.75 Å². The van der Waals surface area contributed by atoms with Gasteiger partial charge in [-0.2, -0.15) is 8.42 Å². The fourth-order valence-electron chi connectivity index (χ4n) is 2.55. The highest BCUT2D eigenvalue weighted by atomic mass is 32.2. The SMILES string of the molecule is CCCCSC1Oc2ccc3ccccc3c2/C1=N/OS(C)(=O)=O. The van der Waals surface area contributed by atoms with Crippen LogP contribution in [0.1, 0.15) is 25.3 Å². The Kier molecular flexibility index (Phi) is 5.01. The van der Waals surface area contributed by atoms with Gasteiger partial charge < -0.3 is 4.74 Å². The summed E-state index contributed by atoms with van der Waals surface area (Å²) in [6, 6.07) is 11.8. The van der Waals surface area contributed by atoms with Crippen LogP contribution in [0.3, 0.4) is 0 Å². The van der Waals surface area contributed by atoms with E-state index < -0.39 is 10.1 Å². The molecule has 0 amide bonds. The minimum atomic E-state index is -3.67. The third kappa shape index (κ3) is 3.67. The quantitative estimate of drug-likeness (QED) is 0.576. The molecule has 0 N–H and O–H groups in total. The standard InChI is InChI=1S/C17H19NO4S2/c1-3-4-11-23-17-16(18-22-24(2,19)20)15-13-8-6-5-7-12(13)9-10-14(15)21-17/h5-10,17H,3-4,11H2,1-2H3/b18-16-. The highest BCUT2D eigenvalue weighted by Gasteiger charge is 2.33. The minimum absolute atomic E-state index is 0.362. The maximum atomic E-state index is 11.4. The van der Waals surface area contributed by atoms with E-state index in [4.69, 9.17) is 9.02 Å². The lowest BCUT2D eigenvalue weighted by Crippen LogP contribution is -2.19. The second-order valence-electron chi connectivity index (χ2n) is 5.59. The number of ether oxygens (including phenoxy) is 1. The van der Waals surface area contributed by atoms with Crippen LogP contribution >= 0.6 is 11.8 Å². The van der Waals surface area contributed by atoms with Crippen molar-refractivity contribution in [2.75, 3.05) is 12.0 Å². The highest BCUT2D eigenvalue weighted by molar-refractivity contribution is 8.00. The number of unbranched alkanes of at least 4 members (excludes halogenated alkanes) is 1. The highest BCUT2D eigenvalue weighted by Crippen LogP contribution is 2.39. The van der Waals surface area contributed by atoms with Gasteiger partial charge in [0.2, 0.25) is 0 Å². The summed E-state index contributed by atoms with van der Waals surface area (Å²) in [7, 11) is -3.67. The van der Waals surface area contributed by atoms with Crippen molar-refractivity contribution in [2.45, 2.75) is 25.2 Å². The first-order chi connectivity index (χ1) is 11.5. The van der Waals surface area contributed by atoms with E-state index >= 15 is 0 Å². The van der Waals surface area contributed by atoms with Gasteiger partial charge in [-0.05, 0) is 29.0 Å².